The summed E-state index contributed by atoms with van der Waals surface area (Å²) in [5.74, 6) is -0.151. The van der Waals surface area contributed by atoms with Crippen molar-refractivity contribution in [3.8, 4) is 5.95 Å². The molecule has 9 nitrogen and oxygen atoms in total. The molecular formula is C24H26ClFN6O3. The average molecular weight is 501 g/mol. The average Bonchev–Trinajstić information content (AvgIpc) is 3.39. The number of fused-ring (bicyclic) bond motifs is 2. The van der Waals surface area contributed by atoms with Gasteiger partial charge in [0.2, 0.25) is 5.95 Å². The predicted octanol–water partition coefficient (Wildman–Crippen LogP) is 4.29. The summed E-state index contributed by atoms with van der Waals surface area (Å²) in [5.41, 5.74) is 1.88. The Balaban J connectivity index is 1.34. The number of hydrogen-bond acceptors (Lipinski definition) is 6. The van der Waals surface area contributed by atoms with Crippen LogP contribution in [0.4, 0.5) is 4.39 Å². The van der Waals surface area contributed by atoms with Crippen molar-refractivity contribution in [2.45, 2.75) is 63.4 Å². The Kier molecular flexibility index (Phi) is 5.82. The van der Waals surface area contributed by atoms with Crippen molar-refractivity contribution in [2.24, 2.45) is 7.05 Å². The predicted molar refractivity (Wildman–Crippen MR) is 128 cm³/mol. The maximum atomic E-state index is 13.9. The lowest BCUT2D eigenvalue weighted by Crippen LogP contribution is -2.33. The van der Waals surface area contributed by atoms with Gasteiger partial charge in [-0.3, -0.25) is 13.7 Å². The third kappa shape index (κ3) is 4.03. The second kappa shape index (κ2) is 9.00. The fourth-order valence-corrected chi connectivity index (χ4v) is 5.55. The standard InChI is InChI=1S/C24H26ClFN6O3/c1-30-20-21(25)28-23(31-13-27-17-10-5-14(26)12-18(17)31)29-22(20)32(24(30)33)15-6-8-16(9-7-15)35-19-4-2-3-11-34-19/h5,10,12-13,15-16,19H,2-4,6-9,11H2,1H3/t15-,16-,19?. The molecule has 1 unspecified atom stereocenters. The van der Waals surface area contributed by atoms with E-state index in [9.17, 15) is 9.18 Å². The summed E-state index contributed by atoms with van der Waals surface area (Å²) in [5, 5.41) is 0.160. The SMILES string of the molecule is Cn1c(=O)n([C@H]2CC[C@H](OC3CCCCO3)CC2)c2nc(-n3cnc4ccc(F)cc43)nc(Cl)c21. The number of ether oxygens (including phenoxy) is 2. The van der Waals surface area contributed by atoms with Crippen molar-refractivity contribution in [3.05, 3.63) is 46.0 Å². The topological polar surface area (TPSA) is 89.0 Å². The molecular weight excluding hydrogens is 475 g/mol. The van der Waals surface area contributed by atoms with E-state index < -0.39 is 0 Å². The van der Waals surface area contributed by atoms with Gasteiger partial charge in [0.25, 0.3) is 0 Å². The van der Waals surface area contributed by atoms with Crippen molar-refractivity contribution < 1.29 is 13.9 Å². The highest BCUT2D eigenvalue weighted by Gasteiger charge is 2.30. The Morgan fingerprint density at radius 1 is 1.14 bits per heavy atom. The highest BCUT2D eigenvalue weighted by atomic mass is 35.5. The van der Waals surface area contributed by atoms with Crippen LogP contribution in [-0.4, -0.2) is 47.7 Å². The van der Waals surface area contributed by atoms with Gasteiger partial charge in [0.15, 0.2) is 17.1 Å². The lowest BCUT2D eigenvalue weighted by Gasteiger charge is -2.33. The third-order valence-corrected chi connectivity index (χ3v) is 7.35. The van der Waals surface area contributed by atoms with Gasteiger partial charge >= 0.3 is 5.69 Å². The van der Waals surface area contributed by atoms with Crippen molar-refractivity contribution in [2.75, 3.05) is 6.61 Å². The van der Waals surface area contributed by atoms with Gasteiger partial charge in [0.1, 0.15) is 17.7 Å². The molecule has 1 aromatic carbocycles. The molecule has 0 radical (unpaired) electrons. The van der Waals surface area contributed by atoms with Crippen molar-refractivity contribution in [1.82, 2.24) is 28.7 Å². The molecule has 35 heavy (non-hydrogen) atoms. The van der Waals surface area contributed by atoms with Crippen molar-refractivity contribution >= 4 is 33.8 Å². The van der Waals surface area contributed by atoms with Crippen LogP contribution in [0.5, 0.6) is 0 Å². The lowest BCUT2D eigenvalue weighted by atomic mass is 9.92. The number of aromatic nitrogens is 6. The Hall–Kier alpha value is -2.82. The number of aryl methyl sites for hydroxylation is 1. The Labute approximate surface area is 205 Å². The second-order valence-corrected chi connectivity index (χ2v) is 9.67. The highest BCUT2D eigenvalue weighted by molar-refractivity contribution is 6.33. The summed E-state index contributed by atoms with van der Waals surface area (Å²) < 4.78 is 30.6. The summed E-state index contributed by atoms with van der Waals surface area (Å²) in [6.45, 7) is 0.757. The van der Waals surface area contributed by atoms with Crippen LogP contribution in [0, 0.1) is 5.82 Å². The molecule has 2 fully saturated rings. The minimum absolute atomic E-state index is 0.0332. The molecule has 1 saturated carbocycles. The zero-order valence-corrected chi connectivity index (χ0v) is 20.1. The van der Waals surface area contributed by atoms with Crippen LogP contribution in [0.2, 0.25) is 5.15 Å². The smallest absolute Gasteiger partial charge is 0.330 e. The van der Waals surface area contributed by atoms with E-state index in [2.05, 4.69) is 9.97 Å². The molecule has 1 aliphatic carbocycles. The monoisotopic (exact) mass is 500 g/mol. The van der Waals surface area contributed by atoms with E-state index in [1.807, 2.05) is 0 Å². The Morgan fingerprint density at radius 3 is 2.74 bits per heavy atom. The van der Waals surface area contributed by atoms with Crippen LogP contribution in [0.15, 0.2) is 29.3 Å². The molecule has 1 saturated heterocycles. The molecule has 1 atom stereocenters. The summed E-state index contributed by atoms with van der Waals surface area (Å²) in [4.78, 5) is 26.7. The van der Waals surface area contributed by atoms with E-state index in [1.165, 1.54) is 23.0 Å². The zero-order valence-electron chi connectivity index (χ0n) is 19.4. The van der Waals surface area contributed by atoms with Gasteiger partial charge in [0.05, 0.1) is 17.1 Å². The van der Waals surface area contributed by atoms with E-state index in [0.717, 1.165) is 51.6 Å². The number of nitrogens with zero attached hydrogens (tertiary/aromatic N) is 6. The van der Waals surface area contributed by atoms with E-state index in [1.54, 1.807) is 22.2 Å². The molecule has 3 aromatic heterocycles. The molecule has 0 spiro atoms. The van der Waals surface area contributed by atoms with Gasteiger partial charge in [-0.2, -0.15) is 9.97 Å². The first kappa shape index (κ1) is 22.6. The first-order valence-electron chi connectivity index (χ1n) is 12.0. The van der Waals surface area contributed by atoms with Gasteiger partial charge < -0.3 is 9.47 Å². The summed E-state index contributed by atoms with van der Waals surface area (Å²) in [7, 11) is 1.67. The fraction of sp³-hybridized carbons (Fsp3) is 0.500. The maximum Gasteiger partial charge on any atom is 0.330 e. The van der Waals surface area contributed by atoms with E-state index in [-0.39, 0.29) is 41.0 Å². The molecule has 2 aliphatic rings. The molecule has 0 N–H and O–H groups in total. The van der Waals surface area contributed by atoms with E-state index in [4.69, 9.17) is 26.1 Å². The number of imidazole rings is 2. The number of hydrogen-bond donors (Lipinski definition) is 0. The van der Waals surface area contributed by atoms with Gasteiger partial charge in [-0.1, -0.05) is 11.6 Å². The van der Waals surface area contributed by atoms with E-state index in [0.29, 0.717) is 22.2 Å². The molecule has 184 valence electrons. The Morgan fingerprint density at radius 2 is 1.97 bits per heavy atom. The van der Waals surface area contributed by atoms with E-state index >= 15 is 0 Å². The molecule has 1 aliphatic heterocycles. The first-order chi connectivity index (χ1) is 17.0. The van der Waals surface area contributed by atoms with Gasteiger partial charge in [-0.25, -0.2) is 14.2 Å². The van der Waals surface area contributed by atoms with Crippen LogP contribution in [-0.2, 0) is 16.5 Å². The number of benzene rings is 1. The number of halogens is 2. The molecule has 0 bridgehead atoms. The zero-order chi connectivity index (χ0) is 24.1. The third-order valence-electron chi connectivity index (χ3n) is 7.08. The van der Waals surface area contributed by atoms with Crippen LogP contribution < -0.4 is 5.69 Å². The minimum atomic E-state index is -0.388. The fourth-order valence-electron chi connectivity index (χ4n) is 5.26. The van der Waals surface area contributed by atoms with Crippen LogP contribution in [0.25, 0.3) is 28.1 Å². The van der Waals surface area contributed by atoms with Crippen LogP contribution in [0.1, 0.15) is 51.0 Å². The normalized spacial score (nSPS) is 23.3. The maximum absolute atomic E-state index is 13.9. The largest absolute Gasteiger partial charge is 0.353 e. The highest BCUT2D eigenvalue weighted by Crippen LogP contribution is 2.34. The van der Waals surface area contributed by atoms with Gasteiger partial charge in [-0.05, 0) is 57.1 Å². The minimum Gasteiger partial charge on any atom is -0.353 e. The second-order valence-electron chi connectivity index (χ2n) is 9.31. The molecule has 0 amide bonds. The number of rotatable bonds is 4. The molecule has 4 aromatic rings. The van der Waals surface area contributed by atoms with Crippen molar-refractivity contribution in [3.63, 3.8) is 0 Å². The molecule has 11 heteroatoms. The first-order valence-corrected chi connectivity index (χ1v) is 12.4. The van der Waals surface area contributed by atoms with Crippen molar-refractivity contribution in [1.29, 1.82) is 0 Å². The summed E-state index contributed by atoms with van der Waals surface area (Å²) in [6.07, 6.45) is 7.94. The van der Waals surface area contributed by atoms with Gasteiger partial charge in [0, 0.05) is 25.8 Å². The summed E-state index contributed by atoms with van der Waals surface area (Å²) in [6, 6.07) is 4.29. The van der Waals surface area contributed by atoms with Crippen LogP contribution >= 0.6 is 11.6 Å². The van der Waals surface area contributed by atoms with Crippen LogP contribution in [0.3, 0.4) is 0 Å². The molecule has 4 heterocycles. The Bertz CT molecular complexity index is 1450. The molecule has 6 rings (SSSR count). The van der Waals surface area contributed by atoms with Gasteiger partial charge in [-0.15, -0.1) is 0 Å². The quantitative estimate of drug-likeness (QED) is 0.388. The lowest BCUT2D eigenvalue weighted by molar-refractivity contribution is -0.194. The summed E-state index contributed by atoms with van der Waals surface area (Å²) >= 11 is 6.56.